The van der Waals surface area contributed by atoms with E-state index in [1.54, 1.807) is 0 Å². The van der Waals surface area contributed by atoms with Gasteiger partial charge < -0.3 is 16.9 Å². The fourth-order valence-corrected chi connectivity index (χ4v) is 4.72. The van der Waals surface area contributed by atoms with Gasteiger partial charge in [0.05, 0.1) is 26.7 Å². The summed E-state index contributed by atoms with van der Waals surface area (Å²) < 4.78 is 1.37. The molecule has 1 rings (SSSR count). The Morgan fingerprint density at radius 3 is 1.11 bits per heavy atom. The third kappa shape index (κ3) is 16.9. The standard InChI is InChI=1S/C25H52N.ClH/c1-3-4-5-6-7-8-9-10-11-12-13-14-15-16-17-18-19-20-23-26(2)24-21-22-25-26;/h3-25H2,1-2H3;1H/q+1;/p-1. The summed E-state index contributed by atoms with van der Waals surface area (Å²) in [6.07, 6.45) is 29.5. The van der Waals surface area contributed by atoms with Crippen LogP contribution in [0.5, 0.6) is 0 Å². The Morgan fingerprint density at radius 2 is 0.778 bits per heavy atom. The number of nitrogens with zero attached hydrogens (tertiary/aromatic N) is 1. The van der Waals surface area contributed by atoms with Gasteiger partial charge in [-0.05, 0) is 12.8 Å². The average Bonchev–Trinajstić information content (AvgIpc) is 3.07. The van der Waals surface area contributed by atoms with Crippen molar-refractivity contribution in [2.75, 3.05) is 26.7 Å². The summed E-state index contributed by atoms with van der Waals surface area (Å²) in [5.41, 5.74) is 0. The second-order valence-corrected chi connectivity index (χ2v) is 9.51. The number of quaternary nitrogens is 1. The van der Waals surface area contributed by atoms with Crippen LogP contribution in [0.25, 0.3) is 0 Å². The lowest BCUT2D eigenvalue weighted by atomic mass is 10.0. The summed E-state index contributed by atoms with van der Waals surface area (Å²) >= 11 is 0. The molecular formula is C25H52ClN. The molecule has 0 aromatic heterocycles. The van der Waals surface area contributed by atoms with Gasteiger partial charge >= 0.3 is 0 Å². The Hall–Kier alpha value is 0.250. The minimum atomic E-state index is 0. The third-order valence-electron chi connectivity index (χ3n) is 6.70. The first-order valence-electron chi connectivity index (χ1n) is 12.6. The Bertz CT molecular complexity index is 286. The van der Waals surface area contributed by atoms with Crippen LogP contribution in [0, 0.1) is 0 Å². The van der Waals surface area contributed by atoms with E-state index in [4.69, 9.17) is 0 Å². The summed E-state index contributed by atoms with van der Waals surface area (Å²) in [6, 6.07) is 0. The van der Waals surface area contributed by atoms with E-state index >= 15 is 0 Å². The van der Waals surface area contributed by atoms with Crippen molar-refractivity contribution in [3.63, 3.8) is 0 Å². The van der Waals surface area contributed by atoms with Crippen molar-refractivity contribution in [3.05, 3.63) is 0 Å². The highest BCUT2D eigenvalue weighted by Gasteiger charge is 2.25. The summed E-state index contributed by atoms with van der Waals surface area (Å²) in [5, 5.41) is 0. The normalized spacial score (nSPS) is 15.8. The van der Waals surface area contributed by atoms with E-state index in [1.165, 1.54) is 153 Å². The average molecular weight is 402 g/mol. The molecule has 1 nitrogen and oxygen atoms in total. The highest BCUT2D eigenvalue weighted by molar-refractivity contribution is 4.53. The molecule has 0 spiro atoms. The smallest absolute Gasteiger partial charge is 0.0786 e. The van der Waals surface area contributed by atoms with Gasteiger partial charge in [-0.1, -0.05) is 110 Å². The van der Waals surface area contributed by atoms with Crippen LogP contribution in [0.3, 0.4) is 0 Å². The topological polar surface area (TPSA) is 0 Å². The maximum absolute atomic E-state index is 2.47. The van der Waals surface area contributed by atoms with Crippen LogP contribution in [0.15, 0.2) is 0 Å². The number of likely N-dealkylation sites (tertiary alicyclic amines) is 1. The molecule has 0 atom stereocenters. The second-order valence-electron chi connectivity index (χ2n) is 9.51. The monoisotopic (exact) mass is 401 g/mol. The number of rotatable bonds is 19. The quantitative estimate of drug-likeness (QED) is 0.204. The molecule has 0 aromatic carbocycles. The van der Waals surface area contributed by atoms with Crippen molar-refractivity contribution in [1.82, 2.24) is 0 Å². The minimum absolute atomic E-state index is 0. The van der Waals surface area contributed by atoms with E-state index in [2.05, 4.69) is 14.0 Å². The van der Waals surface area contributed by atoms with E-state index < -0.39 is 0 Å². The summed E-state index contributed by atoms with van der Waals surface area (Å²) in [6.45, 7) is 6.63. The van der Waals surface area contributed by atoms with Gasteiger partial charge in [0.25, 0.3) is 0 Å². The van der Waals surface area contributed by atoms with Crippen LogP contribution in [0.2, 0.25) is 0 Å². The number of hydrogen-bond acceptors (Lipinski definition) is 0. The van der Waals surface area contributed by atoms with Gasteiger partial charge in [-0.3, -0.25) is 0 Å². The molecule has 1 fully saturated rings. The number of hydrogen-bond donors (Lipinski definition) is 0. The van der Waals surface area contributed by atoms with Crippen LogP contribution >= 0.6 is 0 Å². The molecule has 0 aromatic rings. The maximum Gasteiger partial charge on any atom is 0.0786 e. The molecule has 0 saturated carbocycles. The zero-order chi connectivity index (χ0) is 18.8. The van der Waals surface area contributed by atoms with Crippen molar-refractivity contribution in [2.24, 2.45) is 0 Å². The van der Waals surface area contributed by atoms with Crippen molar-refractivity contribution in [2.45, 2.75) is 135 Å². The van der Waals surface area contributed by atoms with Crippen molar-refractivity contribution in [1.29, 1.82) is 0 Å². The van der Waals surface area contributed by atoms with E-state index in [0.717, 1.165) is 0 Å². The number of unbranched alkanes of at least 4 members (excludes halogenated alkanes) is 17. The zero-order valence-corrected chi connectivity index (χ0v) is 19.8. The lowest BCUT2D eigenvalue weighted by Gasteiger charge is -2.29. The Labute approximate surface area is 179 Å². The Balaban J connectivity index is 0.00000676. The Morgan fingerprint density at radius 1 is 0.481 bits per heavy atom. The molecule has 1 aliphatic heterocycles. The molecule has 164 valence electrons. The van der Waals surface area contributed by atoms with Gasteiger partial charge in [-0.25, -0.2) is 0 Å². The molecule has 1 aliphatic rings. The van der Waals surface area contributed by atoms with E-state index in [9.17, 15) is 0 Å². The van der Waals surface area contributed by atoms with E-state index in [-0.39, 0.29) is 12.4 Å². The largest absolute Gasteiger partial charge is 1.00 e. The second kappa shape index (κ2) is 19.6. The molecule has 0 unspecified atom stereocenters. The molecule has 0 radical (unpaired) electrons. The summed E-state index contributed by atoms with van der Waals surface area (Å²) in [4.78, 5) is 0. The first-order chi connectivity index (χ1) is 12.8. The lowest BCUT2D eigenvalue weighted by Crippen LogP contribution is -3.00. The van der Waals surface area contributed by atoms with Crippen LogP contribution in [-0.4, -0.2) is 31.2 Å². The first-order valence-corrected chi connectivity index (χ1v) is 12.6. The highest BCUT2D eigenvalue weighted by atomic mass is 35.5. The van der Waals surface area contributed by atoms with Gasteiger partial charge in [0, 0.05) is 12.8 Å². The first kappa shape index (κ1) is 27.2. The van der Waals surface area contributed by atoms with Gasteiger partial charge in [-0.2, -0.15) is 0 Å². The molecule has 2 heteroatoms. The molecule has 0 amide bonds. The Kier molecular flexibility index (Phi) is 19.7. The molecule has 0 N–H and O–H groups in total. The van der Waals surface area contributed by atoms with Crippen LogP contribution < -0.4 is 12.4 Å². The van der Waals surface area contributed by atoms with E-state index in [0.29, 0.717) is 0 Å². The fourth-order valence-electron chi connectivity index (χ4n) is 4.72. The number of halogens is 1. The van der Waals surface area contributed by atoms with Gasteiger partial charge in [0.2, 0.25) is 0 Å². The third-order valence-corrected chi connectivity index (χ3v) is 6.70. The predicted molar refractivity (Wildman–Crippen MR) is 119 cm³/mol. The summed E-state index contributed by atoms with van der Waals surface area (Å²) in [7, 11) is 2.47. The van der Waals surface area contributed by atoms with Crippen molar-refractivity contribution >= 4 is 0 Å². The van der Waals surface area contributed by atoms with Crippen LogP contribution in [-0.2, 0) is 0 Å². The van der Waals surface area contributed by atoms with Crippen LogP contribution in [0.1, 0.15) is 135 Å². The predicted octanol–water partition coefficient (Wildman–Crippen LogP) is 5.27. The maximum atomic E-state index is 2.47. The van der Waals surface area contributed by atoms with Crippen molar-refractivity contribution < 1.29 is 16.9 Å². The zero-order valence-electron chi connectivity index (χ0n) is 19.1. The fraction of sp³-hybridized carbons (Fsp3) is 1.00. The SMILES string of the molecule is CCCCCCCCCCCCCCCCCCCC[N+]1(C)CCCC1.[Cl-]. The summed E-state index contributed by atoms with van der Waals surface area (Å²) in [5.74, 6) is 0. The van der Waals surface area contributed by atoms with Crippen LogP contribution in [0.4, 0.5) is 0 Å². The molecule has 1 heterocycles. The van der Waals surface area contributed by atoms with Gasteiger partial charge in [0.1, 0.15) is 0 Å². The van der Waals surface area contributed by atoms with E-state index in [1.807, 2.05) is 0 Å². The molecule has 0 aliphatic carbocycles. The molecule has 0 bridgehead atoms. The molecular weight excluding hydrogens is 350 g/mol. The minimum Gasteiger partial charge on any atom is -1.00 e. The van der Waals surface area contributed by atoms with Gasteiger partial charge in [-0.15, -0.1) is 0 Å². The lowest BCUT2D eigenvalue weighted by molar-refractivity contribution is -0.897. The molecule has 1 saturated heterocycles. The molecule has 27 heavy (non-hydrogen) atoms. The van der Waals surface area contributed by atoms with Crippen molar-refractivity contribution in [3.8, 4) is 0 Å². The van der Waals surface area contributed by atoms with Gasteiger partial charge in [0.15, 0.2) is 0 Å². The highest BCUT2D eigenvalue weighted by Crippen LogP contribution is 2.18.